The third kappa shape index (κ3) is 5.77. The number of primary amides is 1. The van der Waals surface area contributed by atoms with E-state index in [9.17, 15) is 14.3 Å². The van der Waals surface area contributed by atoms with E-state index in [0.29, 0.717) is 41.8 Å². The van der Waals surface area contributed by atoms with Gasteiger partial charge in [-0.3, -0.25) is 4.79 Å². The molecule has 2 heterocycles. The maximum absolute atomic E-state index is 13.1. The second kappa shape index (κ2) is 10.7. The number of piperazine rings is 1. The Morgan fingerprint density at radius 3 is 2.78 bits per heavy atom. The monoisotopic (exact) mass is 439 g/mol. The zero-order chi connectivity index (χ0) is 23.1. The van der Waals surface area contributed by atoms with E-state index in [2.05, 4.69) is 21.9 Å². The zero-order valence-corrected chi connectivity index (χ0v) is 17.8. The van der Waals surface area contributed by atoms with Crippen molar-refractivity contribution < 1.29 is 19.0 Å². The van der Waals surface area contributed by atoms with Crippen LogP contribution >= 0.6 is 0 Å². The van der Waals surface area contributed by atoms with Gasteiger partial charge >= 0.3 is 0 Å². The van der Waals surface area contributed by atoms with Crippen molar-refractivity contribution in [2.75, 3.05) is 31.1 Å². The minimum absolute atomic E-state index is 0.0563. The number of halogens is 1. The quantitative estimate of drug-likeness (QED) is 0.426. The number of aliphatic hydroxyl groups is 1. The first-order valence-electron chi connectivity index (χ1n) is 10.1. The molecule has 2 aromatic rings. The fraction of sp³-hybridized carbons (Fsp3) is 0.261. The van der Waals surface area contributed by atoms with Gasteiger partial charge in [0.15, 0.2) is 5.82 Å². The summed E-state index contributed by atoms with van der Waals surface area (Å²) in [6.45, 7) is 7.41. The van der Waals surface area contributed by atoms with Gasteiger partial charge < -0.3 is 25.8 Å². The molecule has 1 unspecified atom stereocenters. The summed E-state index contributed by atoms with van der Waals surface area (Å²) in [5.74, 6) is 0.727. The molecule has 4 N–H and O–H groups in total. The van der Waals surface area contributed by atoms with Crippen molar-refractivity contribution >= 4 is 17.3 Å². The second-order valence-electron chi connectivity index (χ2n) is 7.21. The summed E-state index contributed by atoms with van der Waals surface area (Å²) >= 11 is 0. The molecule has 168 valence electrons. The predicted octanol–water partition coefficient (Wildman–Crippen LogP) is 2.04. The minimum Gasteiger partial charge on any atom is -0.457 e. The summed E-state index contributed by atoms with van der Waals surface area (Å²) in [7, 11) is 0. The predicted molar refractivity (Wildman–Crippen MR) is 121 cm³/mol. The Morgan fingerprint density at radius 1 is 1.38 bits per heavy atom. The SMILES string of the molecule is C=C/C(=C\C=C(/C)c1nc(C(N)=O)cc(N2CCNCC2CO)n1)Oc1ccc(F)cc1. The van der Waals surface area contributed by atoms with E-state index < -0.39 is 5.91 Å². The normalized spacial score (nSPS) is 17.2. The van der Waals surface area contributed by atoms with Crippen LogP contribution in [0.3, 0.4) is 0 Å². The number of carbonyl (C=O) groups is 1. The minimum atomic E-state index is -0.666. The van der Waals surface area contributed by atoms with E-state index in [1.54, 1.807) is 19.1 Å². The molecule has 0 saturated carbocycles. The molecule has 3 rings (SSSR count). The lowest BCUT2D eigenvalue weighted by atomic mass is 10.2. The summed E-state index contributed by atoms with van der Waals surface area (Å²) in [4.78, 5) is 22.7. The van der Waals surface area contributed by atoms with Gasteiger partial charge in [-0.25, -0.2) is 14.4 Å². The lowest BCUT2D eigenvalue weighted by Gasteiger charge is -2.36. The number of aliphatic hydroxyl groups excluding tert-OH is 1. The molecule has 1 saturated heterocycles. The lowest BCUT2D eigenvalue weighted by Crippen LogP contribution is -2.53. The van der Waals surface area contributed by atoms with E-state index in [4.69, 9.17) is 10.5 Å². The van der Waals surface area contributed by atoms with Gasteiger partial charge in [0.25, 0.3) is 5.91 Å². The van der Waals surface area contributed by atoms with Crippen molar-refractivity contribution in [3.8, 4) is 5.75 Å². The standard InChI is InChI=1S/C23H26FN5O3/c1-3-18(32-19-8-5-16(24)6-9-19)7-4-15(2)23-27-20(22(25)31)12-21(28-23)29-11-10-26-13-17(29)14-30/h3-9,12,17,26,30H,1,10-11,13-14H2,2H3,(H2,25,31)/b15-4+,18-7+. The van der Waals surface area contributed by atoms with Gasteiger partial charge in [0.1, 0.15) is 28.8 Å². The molecule has 1 aromatic carbocycles. The molecule has 1 fully saturated rings. The fourth-order valence-electron chi connectivity index (χ4n) is 3.17. The van der Waals surface area contributed by atoms with Crippen LogP contribution in [-0.4, -0.2) is 53.3 Å². The Bertz CT molecular complexity index is 1040. The Kier molecular flexibility index (Phi) is 7.69. The smallest absolute Gasteiger partial charge is 0.267 e. The number of hydrogen-bond donors (Lipinski definition) is 3. The Hall–Kier alpha value is -3.56. The Labute approximate surface area is 185 Å². The lowest BCUT2D eigenvalue weighted by molar-refractivity contribution is 0.0995. The molecule has 0 radical (unpaired) electrons. The number of nitrogens with zero attached hydrogens (tertiary/aromatic N) is 3. The highest BCUT2D eigenvalue weighted by atomic mass is 19.1. The van der Waals surface area contributed by atoms with Crippen molar-refractivity contribution in [2.45, 2.75) is 13.0 Å². The largest absolute Gasteiger partial charge is 0.457 e. The number of anilines is 1. The molecule has 9 heteroatoms. The molecule has 1 amide bonds. The first-order valence-corrected chi connectivity index (χ1v) is 10.1. The van der Waals surface area contributed by atoms with Crippen molar-refractivity contribution in [1.29, 1.82) is 0 Å². The van der Waals surface area contributed by atoms with Gasteiger partial charge in [-0.2, -0.15) is 0 Å². The number of benzene rings is 1. The molecule has 1 aromatic heterocycles. The number of allylic oxidation sites excluding steroid dienone is 4. The van der Waals surface area contributed by atoms with Crippen LogP contribution in [0.4, 0.5) is 10.2 Å². The highest BCUT2D eigenvalue weighted by Crippen LogP contribution is 2.21. The third-order valence-corrected chi connectivity index (χ3v) is 4.92. The molecule has 8 nitrogen and oxygen atoms in total. The van der Waals surface area contributed by atoms with Gasteiger partial charge in [-0.05, 0) is 48.9 Å². The number of carbonyl (C=O) groups excluding carboxylic acids is 1. The second-order valence-corrected chi connectivity index (χ2v) is 7.21. The molecule has 1 aliphatic heterocycles. The summed E-state index contributed by atoms with van der Waals surface area (Å²) in [5.41, 5.74) is 6.23. The van der Waals surface area contributed by atoms with Gasteiger partial charge in [-0.15, -0.1) is 0 Å². The maximum Gasteiger partial charge on any atom is 0.267 e. The van der Waals surface area contributed by atoms with Gasteiger partial charge in [0.2, 0.25) is 0 Å². The highest BCUT2D eigenvalue weighted by Gasteiger charge is 2.24. The van der Waals surface area contributed by atoms with Crippen LogP contribution in [0.15, 0.2) is 60.9 Å². The molecule has 0 bridgehead atoms. The number of ether oxygens (including phenoxy) is 1. The van der Waals surface area contributed by atoms with Crippen molar-refractivity contribution in [1.82, 2.24) is 15.3 Å². The molecule has 0 aliphatic carbocycles. The summed E-state index contributed by atoms with van der Waals surface area (Å²) in [6.07, 6.45) is 4.92. The van der Waals surface area contributed by atoms with E-state index in [1.807, 2.05) is 4.90 Å². The molecule has 0 spiro atoms. The third-order valence-electron chi connectivity index (χ3n) is 4.92. The molecule has 1 atom stereocenters. The number of amides is 1. The average Bonchev–Trinajstić information content (AvgIpc) is 2.82. The zero-order valence-electron chi connectivity index (χ0n) is 17.8. The van der Waals surface area contributed by atoms with Crippen LogP contribution in [0, 0.1) is 5.82 Å². The van der Waals surface area contributed by atoms with Crippen LogP contribution in [0.25, 0.3) is 5.57 Å². The molecule has 1 aliphatic rings. The number of nitrogens with two attached hydrogens (primary N) is 1. The van der Waals surface area contributed by atoms with Crippen LogP contribution in [0.1, 0.15) is 23.2 Å². The van der Waals surface area contributed by atoms with E-state index in [1.165, 1.54) is 36.4 Å². The van der Waals surface area contributed by atoms with Crippen LogP contribution < -0.4 is 20.7 Å². The van der Waals surface area contributed by atoms with Crippen LogP contribution in [0.2, 0.25) is 0 Å². The number of nitrogens with one attached hydrogen (secondary N) is 1. The van der Waals surface area contributed by atoms with Crippen molar-refractivity contribution in [3.05, 3.63) is 78.2 Å². The topological polar surface area (TPSA) is 114 Å². The van der Waals surface area contributed by atoms with E-state index in [-0.39, 0.29) is 24.2 Å². The van der Waals surface area contributed by atoms with Crippen molar-refractivity contribution in [3.63, 3.8) is 0 Å². The molecular weight excluding hydrogens is 413 g/mol. The summed E-state index contributed by atoms with van der Waals surface area (Å²) in [6, 6.07) is 7.00. The Balaban J connectivity index is 1.90. The fourth-order valence-corrected chi connectivity index (χ4v) is 3.17. The highest BCUT2D eigenvalue weighted by molar-refractivity contribution is 5.91. The van der Waals surface area contributed by atoms with E-state index >= 15 is 0 Å². The van der Waals surface area contributed by atoms with Crippen molar-refractivity contribution in [2.24, 2.45) is 5.73 Å². The number of aromatic nitrogens is 2. The van der Waals surface area contributed by atoms with Gasteiger partial charge in [0, 0.05) is 25.7 Å². The molecular formula is C23H26FN5O3. The molecule has 32 heavy (non-hydrogen) atoms. The number of hydrogen-bond acceptors (Lipinski definition) is 7. The van der Waals surface area contributed by atoms with Crippen LogP contribution in [-0.2, 0) is 0 Å². The average molecular weight is 439 g/mol. The first-order chi connectivity index (χ1) is 15.4. The first kappa shape index (κ1) is 23.1. The Morgan fingerprint density at radius 2 is 2.12 bits per heavy atom. The number of rotatable bonds is 8. The summed E-state index contributed by atoms with van der Waals surface area (Å²) in [5, 5.41) is 12.9. The maximum atomic E-state index is 13.1. The van der Waals surface area contributed by atoms with Crippen LogP contribution in [0.5, 0.6) is 5.75 Å². The summed E-state index contributed by atoms with van der Waals surface area (Å²) < 4.78 is 18.8. The van der Waals surface area contributed by atoms with E-state index in [0.717, 1.165) is 6.54 Å². The van der Waals surface area contributed by atoms with Gasteiger partial charge in [-0.1, -0.05) is 12.7 Å². The van der Waals surface area contributed by atoms with Gasteiger partial charge in [0.05, 0.1) is 12.6 Å².